The van der Waals surface area contributed by atoms with Gasteiger partial charge in [0.2, 0.25) is 5.91 Å². The van der Waals surface area contributed by atoms with Crippen LogP contribution in [0.2, 0.25) is 0 Å². The number of ether oxygens (including phenoxy) is 1. The van der Waals surface area contributed by atoms with Gasteiger partial charge in [-0.2, -0.15) is 0 Å². The van der Waals surface area contributed by atoms with Crippen LogP contribution < -0.4 is 5.32 Å². The molecule has 0 atom stereocenters. The minimum atomic E-state index is -0.433. The van der Waals surface area contributed by atoms with Gasteiger partial charge in [-0.15, -0.1) is 0 Å². The summed E-state index contributed by atoms with van der Waals surface area (Å²) >= 11 is 0. The van der Waals surface area contributed by atoms with E-state index in [2.05, 4.69) is 5.32 Å². The zero-order chi connectivity index (χ0) is 21.6. The number of amides is 1. The lowest BCUT2D eigenvalue weighted by Gasteiger charge is -2.55. The van der Waals surface area contributed by atoms with E-state index >= 15 is 0 Å². The zero-order valence-electron chi connectivity index (χ0n) is 18.6. The summed E-state index contributed by atoms with van der Waals surface area (Å²) in [4.78, 5) is 37.3. The molecule has 5 rings (SSSR count). The summed E-state index contributed by atoms with van der Waals surface area (Å²) in [7, 11) is 0. The third-order valence-electron chi connectivity index (χ3n) is 7.77. The Kier molecular flexibility index (Phi) is 5.50. The molecule has 4 fully saturated rings. The van der Waals surface area contributed by atoms with Crippen LogP contribution in [-0.2, 0) is 20.9 Å². The van der Waals surface area contributed by atoms with Crippen molar-refractivity contribution in [3.63, 3.8) is 0 Å². The molecule has 1 N–H and O–H groups in total. The number of ketones is 1. The van der Waals surface area contributed by atoms with Gasteiger partial charge in [0.05, 0.1) is 0 Å². The Morgan fingerprint density at radius 2 is 1.57 bits per heavy atom. The molecule has 0 aliphatic heterocycles. The molecular formula is C25H33NO4. The summed E-state index contributed by atoms with van der Waals surface area (Å²) in [6.07, 6.45) is 6.80. The summed E-state index contributed by atoms with van der Waals surface area (Å²) in [5, 5.41) is 2.88. The molecular weight excluding hydrogens is 378 g/mol. The highest BCUT2D eigenvalue weighted by atomic mass is 16.5. The van der Waals surface area contributed by atoms with Crippen molar-refractivity contribution in [3.05, 3.63) is 33.9 Å². The molecule has 0 spiro atoms. The fraction of sp³-hybridized carbons (Fsp3) is 0.640. The van der Waals surface area contributed by atoms with E-state index < -0.39 is 5.97 Å². The van der Waals surface area contributed by atoms with Crippen LogP contribution >= 0.6 is 0 Å². The van der Waals surface area contributed by atoms with E-state index in [1.165, 1.54) is 19.3 Å². The first-order chi connectivity index (χ1) is 14.2. The maximum atomic E-state index is 13.0. The SMILES string of the molecule is CC(=O)c1c(C)cc(C)c(COC(=O)CNC(=O)C23CC4CC(CC(C4)C2)C3)c1C. The maximum absolute atomic E-state index is 13.0. The highest BCUT2D eigenvalue weighted by Gasteiger charge is 2.54. The van der Waals surface area contributed by atoms with E-state index in [0.29, 0.717) is 23.3 Å². The van der Waals surface area contributed by atoms with Crippen LogP contribution in [-0.4, -0.2) is 24.2 Å². The van der Waals surface area contributed by atoms with Crippen molar-refractivity contribution >= 4 is 17.7 Å². The van der Waals surface area contributed by atoms with Crippen molar-refractivity contribution in [2.45, 2.75) is 72.8 Å². The average molecular weight is 412 g/mol. The van der Waals surface area contributed by atoms with Gasteiger partial charge < -0.3 is 10.1 Å². The second kappa shape index (κ2) is 7.82. The number of rotatable bonds is 6. The van der Waals surface area contributed by atoms with Crippen LogP contribution in [0.1, 0.15) is 78.1 Å². The quantitative estimate of drug-likeness (QED) is 0.563. The van der Waals surface area contributed by atoms with Crippen molar-refractivity contribution in [3.8, 4) is 0 Å². The summed E-state index contributed by atoms with van der Waals surface area (Å²) in [5.74, 6) is 1.70. The Bertz CT molecular complexity index is 866. The largest absolute Gasteiger partial charge is 0.459 e. The minimum absolute atomic E-state index is 0.0143. The van der Waals surface area contributed by atoms with Crippen LogP contribution in [0.3, 0.4) is 0 Å². The number of esters is 1. The first-order valence-corrected chi connectivity index (χ1v) is 11.2. The molecule has 1 aromatic carbocycles. The van der Waals surface area contributed by atoms with E-state index in [9.17, 15) is 14.4 Å². The third-order valence-corrected chi connectivity index (χ3v) is 7.77. The lowest BCUT2D eigenvalue weighted by molar-refractivity contribution is -0.151. The van der Waals surface area contributed by atoms with Gasteiger partial charge in [-0.25, -0.2) is 0 Å². The van der Waals surface area contributed by atoms with Gasteiger partial charge in [0, 0.05) is 11.0 Å². The summed E-state index contributed by atoms with van der Waals surface area (Å²) in [6, 6.07) is 1.96. The molecule has 30 heavy (non-hydrogen) atoms. The molecule has 162 valence electrons. The Morgan fingerprint density at radius 1 is 1.00 bits per heavy atom. The highest BCUT2D eigenvalue weighted by molar-refractivity contribution is 5.97. The van der Waals surface area contributed by atoms with Gasteiger partial charge in [-0.3, -0.25) is 14.4 Å². The van der Waals surface area contributed by atoms with Crippen LogP contribution in [0.25, 0.3) is 0 Å². The first-order valence-electron chi connectivity index (χ1n) is 11.2. The molecule has 1 aromatic rings. The predicted octanol–water partition coefficient (Wildman–Crippen LogP) is 4.19. The number of carbonyl (C=O) groups excluding carboxylic acids is 3. The summed E-state index contributed by atoms with van der Waals surface area (Å²) in [6.45, 7) is 7.36. The molecule has 4 aliphatic rings. The standard InChI is InChI=1S/C25H33NO4/c1-14-5-15(2)23(17(4)27)16(3)21(14)13-30-22(28)12-26-24(29)25-9-18-6-19(10-25)8-20(7-18)11-25/h5,18-20H,6-13H2,1-4H3,(H,26,29). The molecule has 1 amide bonds. The number of Topliss-reactive ketones (excluding diaryl/α,β-unsaturated/α-hetero) is 1. The van der Waals surface area contributed by atoms with E-state index in [-0.39, 0.29) is 30.3 Å². The van der Waals surface area contributed by atoms with Crippen LogP contribution in [0, 0.1) is 43.9 Å². The van der Waals surface area contributed by atoms with Crippen molar-refractivity contribution in [2.75, 3.05) is 6.54 Å². The van der Waals surface area contributed by atoms with Gasteiger partial charge in [-0.05, 0) is 106 Å². The van der Waals surface area contributed by atoms with Gasteiger partial charge in [0.1, 0.15) is 13.2 Å². The number of carbonyl (C=O) groups is 3. The number of hydrogen-bond acceptors (Lipinski definition) is 4. The topological polar surface area (TPSA) is 72.5 Å². The average Bonchev–Trinajstić information content (AvgIpc) is 2.64. The second-order valence-electron chi connectivity index (χ2n) is 10.1. The maximum Gasteiger partial charge on any atom is 0.325 e. The molecule has 0 saturated heterocycles. The zero-order valence-corrected chi connectivity index (χ0v) is 18.6. The molecule has 4 aliphatic carbocycles. The second-order valence-corrected chi connectivity index (χ2v) is 10.1. The van der Waals surface area contributed by atoms with Gasteiger partial charge >= 0.3 is 5.97 Å². The van der Waals surface area contributed by atoms with Crippen LogP contribution in [0.15, 0.2) is 6.07 Å². The molecule has 0 aromatic heterocycles. The number of hydrogen-bond donors (Lipinski definition) is 1. The minimum Gasteiger partial charge on any atom is -0.459 e. The highest BCUT2D eigenvalue weighted by Crippen LogP contribution is 2.60. The Labute approximate surface area is 178 Å². The number of benzene rings is 1. The fourth-order valence-electron chi connectivity index (χ4n) is 6.92. The normalized spacial score (nSPS) is 29.0. The predicted molar refractivity (Wildman–Crippen MR) is 114 cm³/mol. The smallest absolute Gasteiger partial charge is 0.325 e. The Hall–Kier alpha value is -2.17. The van der Waals surface area contributed by atoms with Gasteiger partial charge in [0.25, 0.3) is 0 Å². The number of aryl methyl sites for hydroxylation is 2. The van der Waals surface area contributed by atoms with Gasteiger partial charge in [-0.1, -0.05) is 6.07 Å². The molecule has 0 heterocycles. The molecule has 5 nitrogen and oxygen atoms in total. The van der Waals surface area contributed by atoms with Gasteiger partial charge in [0.15, 0.2) is 5.78 Å². The van der Waals surface area contributed by atoms with E-state index in [1.807, 2.05) is 26.8 Å². The molecule has 0 radical (unpaired) electrons. The fourth-order valence-corrected chi connectivity index (χ4v) is 6.92. The van der Waals surface area contributed by atoms with Crippen molar-refractivity contribution in [2.24, 2.45) is 23.2 Å². The van der Waals surface area contributed by atoms with Crippen LogP contribution in [0.4, 0.5) is 0 Å². The van der Waals surface area contributed by atoms with Crippen molar-refractivity contribution in [1.29, 1.82) is 0 Å². The van der Waals surface area contributed by atoms with E-state index in [4.69, 9.17) is 4.74 Å². The number of nitrogens with one attached hydrogen (secondary N) is 1. The van der Waals surface area contributed by atoms with E-state index in [1.54, 1.807) is 6.92 Å². The monoisotopic (exact) mass is 411 g/mol. The summed E-state index contributed by atoms with van der Waals surface area (Å²) in [5.41, 5.74) is 4.12. The molecule has 4 bridgehead atoms. The molecule has 0 unspecified atom stereocenters. The first kappa shape index (κ1) is 21.1. The summed E-state index contributed by atoms with van der Waals surface area (Å²) < 4.78 is 5.47. The molecule has 5 heteroatoms. The lowest BCUT2D eigenvalue weighted by atomic mass is 9.49. The lowest BCUT2D eigenvalue weighted by Crippen LogP contribution is -2.54. The van der Waals surface area contributed by atoms with Crippen molar-refractivity contribution < 1.29 is 19.1 Å². The van der Waals surface area contributed by atoms with E-state index in [0.717, 1.165) is 41.5 Å². The van der Waals surface area contributed by atoms with Crippen molar-refractivity contribution in [1.82, 2.24) is 5.32 Å². The third kappa shape index (κ3) is 3.79. The van der Waals surface area contributed by atoms with Crippen LogP contribution in [0.5, 0.6) is 0 Å². The Morgan fingerprint density at radius 3 is 2.10 bits per heavy atom. The Balaban J connectivity index is 1.35. The molecule has 4 saturated carbocycles.